The Kier molecular flexibility index (Phi) is 7.22. The van der Waals surface area contributed by atoms with E-state index in [0.717, 1.165) is 30.3 Å². The van der Waals surface area contributed by atoms with Crippen molar-refractivity contribution in [2.75, 3.05) is 31.2 Å². The maximum absolute atomic E-state index is 12.6. The molecule has 1 aliphatic heterocycles. The van der Waals surface area contributed by atoms with E-state index < -0.39 is 16.8 Å². The number of amides is 3. The van der Waals surface area contributed by atoms with Crippen molar-refractivity contribution in [2.24, 2.45) is 0 Å². The summed E-state index contributed by atoms with van der Waals surface area (Å²) in [7, 11) is 0. The van der Waals surface area contributed by atoms with Gasteiger partial charge in [-0.25, -0.2) is 4.79 Å². The number of anilines is 1. The fraction of sp³-hybridized carbons (Fsp3) is 0.524. The molecule has 3 rings (SSSR count). The van der Waals surface area contributed by atoms with Crippen molar-refractivity contribution in [2.45, 2.75) is 50.6 Å². The van der Waals surface area contributed by atoms with Crippen molar-refractivity contribution < 1.29 is 14.3 Å². The SMILES string of the molecule is Cc1ccccc1-n1c(SC(C)C(=O)NC(=O)NC(C)(C)C)nnc1N1CCOCC1. The Morgan fingerprint density at radius 3 is 2.48 bits per heavy atom. The minimum absolute atomic E-state index is 0.390. The molecule has 0 bridgehead atoms. The summed E-state index contributed by atoms with van der Waals surface area (Å²) in [5, 5.41) is 14.0. The molecule has 2 N–H and O–H groups in total. The van der Waals surface area contributed by atoms with Gasteiger partial charge < -0.3 is 15.0 Å². The molecule has 0 aliphatic carbocycles. The molecule has 0 radical (unpaired) electrons. The summed E-state index contributed by atoms with van der Waals surface area (Å²) >= 11 is 1.27. The molecule has 168 valence electrons. The highest BCUT2D eigenvalue weighted by atomic mass is 32.2. The smallest absolute Gasteiger partial charge is 0.321 e. The van der Waals surface area contributed by atoms with E-state index in [4.69, 9.17) is 4.74 Å². The predicted octanol–water partition coefficient (Wildman–Crippen LogP) is 2.52. The number of para-hydroxylation sites is 1. The third-order valence-corrected chi connectivity index (χ3v) is 5.69. The summed E-state index contributed by atoms with van der Waals surface area (Å²) in [6.07, 6.45) is 0. The van der Waals surface area contributed by atoms with Crippen molar-refractivity contribution >= 4 is 29.6 Å². The molecule has 1 aliphatic rings. The lowest BCUT2D eigenvalue weighted by Crippen LogP contribution is -2.49. The zero-order valence-corrected chi connectivity index (χ0v) is 19.5. The van der Waals surface area contributed by atoms with Crippen LogP contribution in [0.25, 0.3) is 5.69 Å². The van der Waals surface area contributed by atoms with Crippen LogP contribution < -0.4 is 15.5 Å². The van der Waals surface area contributed by atoms with Gasteiger partial charge in [0.25, 0.3) is 0 Å². The Labute approximate surface area is 186 Å². The average Bonchev–Trinajstić information content (AvgIpc) is 3.10. The number of hydrogen-bond donors (Lipinski definition) is 2. The van der Waals surface area contributed by atoms with E-state index in [1.165, 1.54) is 11.8 Å². The number of benzene rings is 1. The lowest BCUT2D eigenvalue weighted by Gasteiger charge is -2.28. The average molecular weight is 447 g/mol. The van der Waals surface area contributed by atoms with Gasteiger partial charge >= 0.3 is 6.03 Å². The summed E-state index contributed by atoms with van der Waals surface area (Å²) in [6, 6.07) is 7.47. The Morgan fingerprint density at radius 1 is 1.16 bits per heavy atom. The highest BCUT2D eigenvalue weighted by molar-refractivity contribution is 8.00. The van der Waals surface area contributed by atoms with Gasteiger partial charge in [-0.2, -0.15) is 0 Å². The summed E-state index contributed by atoms with van der Waals surface area (Å²) in [6.45, 7) is 12.0. The molecule has 9 nitrogen and oxygen atoms in total. The Hall–Kier alpha value is -2.59. The molecule has 2 aromatic rings. The summed E-state index contributed by atoms with van der Waals surface area (Å²) in [5.74, 6) is 0.331. The summed E-state index contributed by atoms with van der Waals surface area (Å²) in [5.41, 5.74) is 1.59. The number of rotatable bonds is 5. The number of carbonyl (C=O) groups is 2. The van der Waals surface area contributed by atoms with E-state index in [0.29, 0.717) is 18.4 Å². The number of ether oxygens (including phenoxy) is 1. The monoisotopic (exact) mass is 446 g/mol. The minimum atomic E-state index is -0.546. The number of urea groups is 1. The lowest BCUT2D eigenvalue weighted by atomic mass is 10.1. The fourth-order valence-corrected chi connectivity index (χ4v) is 3.98. The van der Waals surface area contributed by atoms with Crippen molar-refractivity contribution in [1.29, 1.82) is 0 Å². The van der Waals surface area contributed by atoms with E-state index in [-0.39, 0.29) is 5.91 Å². The molecule has 1 atom stereocenters. The predicted molar refractivity (Wildman–Crippen MR) is 121 cm³/mol. The van der Waals surface area contributed by atoms with Crippen molar-refractivity contribution in [3.63, 3.8) is 0 Å². The number of aryl methyl sites for hydroxylation is 1. The van der Waals surface area contributed by atoms with E-state index >= 15 is 0 Å². The van der Waals surface area contributed by atoms with Gasteiger partial charge in [0.15, 0.2) is 5.16 Å². The quantitative estimate of drug-likeness (QED) is 0.681. The number of morpholine rings is 1. The highest BCUT2D eigenvalue weighted by Crippen LogP contribution is 2.31. The molecular formula is C21H30N6O3S. The topological polar surface area (TPSA) is 101 Å². The second kappa shape index (κ2) is 9.69. The molecule has 10 heteroatoms. The van der Waals surface area contributed by atoms with E-state index in [9.17, 15) is 9.59 Å². The zero-order chi connectivity index (χ0) is 22.6. The van der Waals surface area contributed by atoms with Crippen LogP contribution in [-0.2, 0) is 9.53 Å². The highest BCUT2D eigenvalue weighted by Gasteiger charge is 2.26. The summed E-state index contributed by atoms with van der Waals surface area (Å²) < 4.78 is 7.45. The minimum Gasteiger partial charge on any atom is -0.378 e. The van der Waals surface area contributed by atoms with Crippen LogP contribution in [0.5, 0.6) is 0 Å². The van der Waals surface area contributed by atoms with Gasteiger partial charge in [0.1, 0.15) is 0 Å². The first-order valence-corrected chi connectivity index (χ1v) is 11.2. The van der Waals surface area contributed by atoms with Gasteiger partial charge in [0, 0.05) is 18.6 Å². The number of aromatic nitrogens is 3. The number of nitrogens with one attached hydrogen (secondary N) is 2. The second-order valence-electron chi connectivity index (χ2n) is 8.46. The Balaban J connectivity index is 1.84. The van der Waals surface area contributed by atoms with Crippen molar-refractivity contribution in [3.05, 3.63) is 29.8 Å². The van der Waals surface area contributed by atoms with Gasteiger partial charge in [-0.3, -0.25) is 14.7 Å². The normalized spacial score (nSPS) is 15.5. The van der Waals surface area contributed by atoms with Crippen molar-refractivity contribution in [1.82, 2.24) is 25.4 Å². The van der Waals surface area contributed by atoms with Crippen LogP contribution in [0.3, 0.4) is 0 Å². The maximum atomic E-state index is 12.6. The van der Waals surface area contributed by atoms with Crippen LogP contribution in [0.15, 0.2) is 29.4 Å². The number of imide groups is 1. The van der Waals surface area contributed by atoms with Gasteiger partial charge in [0.2, 0.25) is 11.9 Å². The number of hydrogen-bond acceptors (Lipinski definition) is 7. The molecule has 1 aromatic heterocycles. The fourth-order valence-electron chi connectivity index (χ4n) is 3.13. The first-order chi connectivity index (χ1) is 14.7. The van der Waals surface area contributed by atoms with Crippen LogP contribution in [0.2, 0.25) is 0 Å². The number of nitrogens with zero attached hydrogens (tertiary/aromatic N) is 4. The van der Waals surface area contributed by atoms with Crippen LogP contribution >= 0.6 is 11.8 Å². The Morgan fingerprint density at radius 2 is 1.84 bits per heavy atom. The number of thioether (sulfide) groups is 1. The molecule has 2 heterocycles. The van der Waals surface area contributed by atoms with E-state index in [1.54, 1.807) is 6.92 Å². The standard InChI is InChI=1S/C21H30N6O3S/c1-14-8-6-7-9-16(14)27-19(26-10-12-30-13-11-26)24-25-20(27)31-15(2)17(28)22-18(29)23-21(3,4)5/h6-9,15H,10-13H2,1-5H3,(H2,22,23,28,29). The van der Waals surface area contributed by atoms with Crippen LogP contribution in [0.1, 0.15) is 33.3 Å². The van der Waals surface area contributed by atoms with E-state index in [1.807, 2.05) is 56.5 Å². The molecule has 1 saturated heterocycles. The van der Waals surface area contributed by atoms with Crippen LogP contribution in [-0.4, -0.2) is 63.8 Å². The Bertz CT molecular complexity index is 933. The molecule has 3 amide bonds. The first-order valence-electron chi connectivity index (χ1n) is 10.3. The van der Waals surface area contributed by atoms with Crippen molar-refractivity contribution in [3.8, 4) is 5.69 Å². The third kappa shape index (κ3) is 5.98. The third-order valence-electron chi connectivity index (χ3n) is 4.64. The van der Waals surface area contributed by atoms with Gasteiger partial charge in [0.05, 0.1) is 24.2 Å². The molecule has 1 aromatic carbocycles. The number of carbonyl (C=O) groups excluding carboxylic acids is 2. The zero-order valence-electron chi connectivity index (χ0n) is 18.6. The lowest BCUT2D eigenvalue weighted by molar-refractivity contribution is -0.119. The van der Waals surface area contributed by atoms with Gasteiger partial charge in [-0.15, -0.1) is 10.2 Å². The van der Waals surface area contributed by atoms with Gasteiger partial charge in [-0.1, -0.05) is 30.0 Å². The largest absolute Gasteiger partial charge is 0.378 e. The van der Waals surface area contributed by atoms with E-state index in [2.05, 4.69) is 25.7 Å². The van der Waals surface area contributed by atoms with Crippen LogP contribution in [0, 0.1) is 6.92 Å². The maximum Gasteiger partial charge on any atom is 0.321 e. The van der Waals surface area contributed by atoms with Gasteiger partial charge in [-0.05, 0) is 46.2 Å². The molecular weight excluding hydrogens is 416 g/mol. The second-order valence-corrected chi connectivity index (χ2v) is 9.77. The molecule has 0 spiro atoms. The van der Waals surface area contributed by atoms with Crippen LogP contribution in [0.4, 0.5) is 10.7 Å². The first kappa shape index (κ1) is 23.1. The molecule has 0 saturated carbocycles. The molecule has 1 unspecified atom stereocenters. The molecule has 31 heavy (non-hydrogen) atoms. The molecule has 1 fully saturated rings. The summed E-state index contributed by atoms with van der Waals surface area (Å²) in [4.78, 5) is 26.8.